The molecule has 2 atom stereocenters. The number of nitrogens with one attached hydrogen (secondary N) is 1. The third-order valence-corrected chi connectivity index (χ3v) is 4.30. The van der Waals surface area contributed by atoms with Crippen LogP contribution in [0.3, 0.4) is 0 Å². The Bertz CT molecular complexity index is 756. The largest absolute Gasteiger partial charge is 0.573 e. The highest BCUT2D eigenvalue weighted by Crippen LogP contribution is 2.34. The van der Waals surface area contributed by atoms with Crippen molar-refractivity contribution < 1.29 is 31.9 Å². The number of hydrogen-bond donors (Lipinski definition) is 1. The maximum atomic E-state index is 14.1. The number of rotatable bonds is 4. The lowest BCUT2D eigenvalue weighted by Gasteiger charge is -2.28. The Morgan fingerprint density at radius 2 is 1.85 bits per heavy atom. The second kappa shape index (κ2) is 7.72. The van der Waals surface area contributed by atoms with Crippen molar-refractivity contribution in [3.8, 4) is 11.8 Å². The minimum absolute atomic E-state index is 0.161. The number of hydrogen-bond acceptors (Lipinski definition) is 4. The number of amides is 1. The predicted molar refractivity (Wildman–Crippen MR) is 82.6 cm³/mol. The highest BCUT2D eigenvalue weighted by Gasteiger charge is 2.35. The van der Waals surface area contributed by atoms with E-state index in [2.05, 4.69) is 10.1 Å². The van der Waals surface area contributed by atoms with Gasteiger partial charge in [-0.05, 0) is 25.8 Å². The van der Waals surface area contributed by atoms with Crippen LogP contribution in [0.2, 0.25) is 0 Å². The number of nitrogens with zero attached hydrogens (tertiary/aromatic N) is 1. The Morgan fingerprint density at radius 1 is 1.23 bits per heavy atom. The first-order chi connectivity index (χ1) is 12.1. The third kappa shape index (κ3) is 4.71. The molecule has 0 aromatic heterocycles. The summed E-state index contributed by atoms with van der Waals surface area (Å²) in [7, 11) is 0. The number of ketones is 1. The summed E-state index contributed by atoms with van der Waals surface area (Å²) in [5, 5.41) is 11.0. The van der Waals surface area contributed by atoms with Crippen LogP contribution in [0.25, 0.3) is 0 Å². The first-order valence-corrected chi connectivity index (χ1v) is 7.93. The monoisotopic (exact) mass is 372 g/mol. The second-order valence-electron chi connectivity index (χ2n) is 6.09. The van der Waals surface area contributed by atoms with E-state index < -0.39 is 46.9 Å². The lowest BCUT2D eigenvalue weighted by molar-refractivity contribution is -0.274. The molecule has 1 N–H and O–H groups in total. The van der Waals surface area contributed by atoms with Gasteiger partial charge in [0.15, 0.2) is 0 Å². The summed E-state index contributed by atoms with van der Waals surface area (Å²) >= 11 is 0. The number of Topliss-reactive ketones (excluding diaryl/α,β-unsaturated/α-hetero) is 1. The van der Waals surface area contributed by atoms with Gasteiger partial charge < -0.3 is 10.1 Å². The minimum atomic E-state index is -5.08. The molecule has 1 aliphatic carbocycles. The standard InChI is InChI=1S/C17H16F4N2O3/c1-9(24)11-4-2-3-5-12(11)16(25)23-14-7-15(26-17(19,20)21)10(8-22)6-13(14)18/h6-7,11-12H,2-5H2,1H3,(H,23,25). The minimum Gasteiger partial charge on any atom is -0.404 e. The van der Waals surface area contributed by atoms with E-state index >= 15 is 0 Å². The molecule has 1 aromatic carbocycles. The molecule has 2 rings (SSSR count). The lowest BCUT2D eigenvalue weighted by Crippen LogP contribution is -2.35. The van der Waals surface area contributed by atoms with Gasteiger partial charge in [-0.3, -0.25) is 9.59 Å². The molecule has 1 aromatic rings. The van der Waals surface area contributed by atoms with E-state index in [0.29, 0.717) is 25.0 Å². The van der Waals surface area contributed by atoms with Crippen LogP contribution in [0.1, 0.15) is 38.2 Å². The molecule has 2 unspecified atom stereocenters. The number of halogens is 4. The van der Waals surface area contributed by atoms with Crippen LogP contribution in [0.4, 0.5) is 23.2 Å². The Labute approximate surface area is 146 Å². The van der Waals surface area contributed by atoms with Gasteiger partial charge in [-0.15, -0.1) is 13.2 Å². The molecule has 1 aliphatic rings. The fraction of sp³-hybridized carbons (Fsp3) is 0.471. The van der Waals surface area contributed by atoms with E-state index in [1.807, 2.05) is 0 Å². The maximum absolute atomic E-state index is 14.1. The molecule has 1 fully saturated rings. The van der Waals surface area contributed by atoms with Gasteiger partial charge in [-0.25, -0.2) is 4.39 Å². The van der Waals surface area contributed by atoms with Crippen molar-refractivity contribution in [1.29, 1.82) is 5.26 Å². The molecular weight excluding hydrogens is 356 g/mol. The average molecular weight is 372 g/mol. The molecule has 0 radical (unpaired) electrons. The van der Waals surface area contributed by atoms with Crippen LogP contribution in [0.5, 0.6) is 5.75 Å². The number of anilines is 1. The highest BCUT2D eigenvalue weighted by molar-refractivity contribution is 5.96. The van der Waals surface area contributed by atoms with E-state index in [9.17, 15) is 27.2 Å². The maximum Gasteiger partial charge on any atom is 0.573 e. The van der Waals surface area contributed by atoms with Gasteiger partial charge in [0.25, 0.3) is 0 Å². The normalized spacial score (nSPS) is 20.2. The van der Waals surface area contributed by atoms with Gasteiger partial charge in [0.05, 0.1) is 11.3 Å². The van der Waals surface area contributed by atoms with E-state index in [4.69, 9.17) is 5.26 Å². The van der Waals surface area contributed by atoms with Crippen LogP contribution in [0, 0.1) is 29.0 Å². The molecule has 26 heavy (non-hydrogen) atoms. The molecule has 140 valence electrons. The van der Waals surface area contributed by atoms with Gasteiger partial charge >= 0.3 is 6.36 Å². The van der Waals surface area contributed by atoms with Crippen molar-refractivity contribution in [2.75, 3.05) is 5.32 Å². The van der Waals surface area contributed by atoms with Crippen LogP contribution in [0.15, 0.2) is 12.1 Å². The number of benzene rings is 1. The number of alkyl halides is 3. The quantitative estimate of drug-likeness (QED) is 0.813. The predicted octanol–water partition coefficient (Wildman–Crippen LogP) is 3.93. The highest BCUT2D eigenvalue weighted by atomic mass is 19.4. The van der Waals surface area contributed by atoms with E-state index in [1.54, 1.807) is 0 Å². The van der Waals surface area contributed by atoms with Crippen LogP contribution in [-0.2, 0) is 9.59 Å². The van der Waals surface area contributed by atoms with Crippen molar-refractivity contribution in [3.63, 3.8) is 0 Å². The summed E-state index contributed by atoms with van der Waals surface area (Å²) in [5.41, 5.74) is -1.20. The molecule has 0 heterocycles. The number of carbonyl (C=O) groups is 2. The Hall–Kier alpha value is -2.63. The van der Waals surface area contributed by atoms with Crippen molar-refractivity contribution in [3.05, 3.63) is 23.5 Å². The fourth-order valence-electron chi connectivity index (χ4n) is 3.10. The molecule has 0 spiro atoms. The zero-order valence-electron chi connectivity index (χ0n) is 13.8. The van der Waals surface area contributed by atoms with Gasteiger partial charge in [0, 0.05) is 17.9 Å². The molecular formula is C17H16F4N2O3. The van der Waals surface area contributed by atoms with Gasteiger partial charge in [-0.2, -0.15) is 5.26 Å². The summed E-state index contributed by atoms with van der Waals surface area (Å²) < 4.78 is 55.1. The molecule has 5 nitrogen and oxygen atoms in total. The summed E-state index contributed by atoms with van der Waals surface area (Å²) in [6.07, 6.45) is -2.59. The summed E-state index contributed by atoms with van der Waals surface area (Å²) in [6, 6.07) is 2.57. The molecule has 0 bridgehead atoms. The van der Waals surface area contributed by atoms with Crippen molar-refractivity contribution in [2.24, 2.45) is 11.8 Å². The van der Waals surface area contributed by atoms with E-state index in [0.717, 1.165) is 12.8 Å². The second-order valence-corrected chi connectivity index (χ2v) is 6.09. The van der Waals surface area contributed by atoms with Crippen LogP contribution < -0.4 is 10.1 Å². The number of ether oxygens (including phenoxy) is 1. The van der Waals surface area contributed by atoms with Crippen molar-refractivity contribution >= 4 is 17.4 Å². The molecule has 1 saturated carbocycles. The summed E-state index contributed by atoms with van der Waals surface area (Å²) in [5.74, 6) is -3.97. The zero-order valence-corrected chi connectivity index (χ0v) is 13.8. The third-order valence-electron chi connectivity index (χ3n) is 4.30. The van der Waals surface area contributed by atoms with Crippen LogP contribution in [-0.4, -0.2) is 18.1 Å². The molecule has 9 heteroatoms. The number of carbonyl (C=O) groups excluding carboxylic acids is 2. The fourth-order valence-corrected chi connectivity index (χ4v) is 3.10. The van der Waals surface area contributed by atoms with Crippen molar-refractivity contribution in [2.45, 2.75) is 39.0 Å². The van der Waals surface area contributed by atoms with Gasteiger partial charge in [-0.1, -0.05) is 12.8 Å². The Kier molecular flexibility index (Phi) is 5.85. The Balaban J connectivity index is 2.28. The SMILES string of the molecule is CC(=O)C1CCCCC1C(=O)Nc1cc(OC(F)(F)F)c(C#N)cc1F. The summed E-state index contributed by atoms with van der Waals surface area (Å²) in [4.78, 5) is 24.1. The smallest absolute Gasteiger partial charge is 0.404 e. The molecule has 0 aliphatic heterocycles. The molecule has 0 saturated heterocycles. The molecule has 1 amide bonds. The average Bonchev–Trinajstić information content (AvgIpc) is 2.56. The van der Waals surface area contributed by atoms with E-state index in [-0.39, 0.29) is 5.78 Å². The van der Waals surface area contributed by atoms with Crippen LogP contribution >= 0.6 is 0 Å². The van der Waals surface area contributed by atoms with Gasteiger partial charge in [0.2, 0.25) is 5.91 Å². The zero-order chi connectivity index (χ0) is 19.5. The van der Waals surface area contributed by atoms with E-state index in [1.165, 1.54) is 13.0 Å². The van der Waals surface area contributed by atoms with Crippen molar-refractivity contribution in [1.82, 2.24) is 0 Å². The lowest BCUT2D eigenvalue weighted by atomic mass is 9.76. The first kappa shape index (κ1) is 19.7. The summed E-state index contributed by atoms with van der Waals surface area (Å²) in [6.45, 7) is 1.37. The van der Waals surface area contributed by atoms with Gasteiger partial charge in [0.1, 0.15) is 23.4 Å². The first-order valence-electron chi connectivity index (χ1n) is 7.93. The number of nitriles is 1. The topological polar surface area (TPSA) is 79.2 Å². The Morgan fingerprint density at radius 3 is 2.38 bits per heavy atom.